The van der Waals surface area contributed by atoms with Gasteiger partial charge < -0.3 is 24.8 Å². The molecule has 0 aromatic carbocycles. The van der Waals surface area contributed by atoms with E-state index in [1.165, 1.54) is 49.7 Å². The van der Waals surface area contributed by atoms with Gasteiger partial charge in [0.2, 0.25) is 0 Å². The fourth-order valence-electron chi connectivity index (χ4n) is 1.99. The van der Waals surface area contributed by atoms with E-state index in [2.05, 4.69) is 55.1 Å². The zero-order valence-electron chi connectivity index (χ0n) is 13.9. The third-order valence-electron chi connectivity index (χ3n) is 3.18. The normalized spacial score (nSPS) is 13.6. The van der Waals surface area contributed by atoms with Crippen molar-refractivity contribution in [2.24, 2.45) is 0 Å². The number of rotatable bonds is 6. The van der Waals surface area contributed by atoms with Crippen molar-refractivity contribution in [1.29, 1.82) is 0 Å². The second-order valence-electron chi connectivity index (χ2n) is 4.87. The first-order chi connectivity index (χ1) is 9.86. The standard InChI is InChI=1S/2C9H13.CH2.2ClH.Ti/c2*1-2-3-6-9-7-4-5-8-9;;;;/h2*7-8H,2-4,6H2,1H3;1H2;2*1H;/q2*-1;;;;+2/p-2. The molecule has 3 heteroatoms. The number of halogens is 2. The maximum Gasteiger partial charge on any atom is -1.00 e. The zero-order chi connectivity index (χ0) is 15.1. The van der Waals surface area contributed by atoms with E-state index in [9.17, 15) is 0 Å². The van der Waals surface area contributed by atoms with Gasteiger partial charge in [-0.15, -0.1) is 12.8 Å². The van der Waals surface area contributed by atoms with Crippen molar-refractivity contribution >= 4 is 4.82 Å². The second kappa shape index (κ2) is 21.1. The van der Waals surface area contributed by atoms with Crippen LogP contribution in [-0.4, -0.2) is 4.82 Å². The van der Waals surface area contributed by atoms with Crippen LogP contribution in [0.4, 0.5) is 0 Å². The second-order valence-corrected chi connectivity index (χ2v) is 4.87. The van der Waals surface area contributed by atoms with Gasteiger partial charge in [-0.25, -0.2) is 23.3 Å². The summed E-state index contributed by atoms with van der Waals surface area (Å²) in [7, 11) is 0. The first kappa shape index (κ1) is 27.0. The molecule has 0 saturated heterocycles. The van der Waals surface area contributed by atoms with E-state index in [4.69, 9.17) is 0 Å². The quantitative estimate of drug-likeness (QED) is 0.442. The van der Waals surface area contributed by atoms with Crippen molar-refractivity contribution in [2.45, 2.75) is 65.2 Å². The van der Waals surface area contributed by atoms with E-state index in [0.717, 1.165) is 12.8 Å². The van der Waals surface area contributed by atoms with Crippen molar-refractivity contribution in [1.82, 2.24) is 0 Å². The molecule has 0 aromatic rings. The van der Waals surface area contributed by atoms with Gasteiger partial charge in [-0.1, -0.05) is 52.4 Å². The summed E-state index contributed by atoms with van der Waals surface area (Å²) in [5.41, 5.74) is 2.97. The molecular weight excluding hydrogens is 347 g/mol. The third-order valence-corrected chi connectivity index (χ3v) is 3.18. The molecule has 0 aromatic heterocycles. The molecule has 2 aliphatic carbocycles. The van der Waals surface area contributed by atoms with Crippen molar-refractivity contribution in [3.63, 3.8) is 0 Å². The first-order valence-electron chi connectivity index (χ1n) is 7.73. The molecule has 0 amide bonds. The molecule has 0 bridgehead atoms. The molecule has 0 aliphatic heterocycles. The maximum absolute atomic E-state index is 3.25. The van der Waals surface area contributed by atoms with Crippen molar-refractivity contribution in [3.8, 4) is 0 Å². The molecule has 0 unspecified atom stereocenters. The molecule has 0 radical (unpaired) electrons. The van der Waals surface area contributed by atoms with Crippen molar-refractivity contribution in [3.05, 3.63) is 47.6 Å². The first-order valence-corrected chi connectivity index (χ1v) is 8.83. The van der Waals surface area contributed by atoms with Gasteiger partial charge in [0.05, 0.1) is 0 Å². The maximum atomic E-state index is 3.25. The molecule has 2 rings (SSSR count). The molecular formula is C19H28Cl2Ti-2. The van der Waals surface area contributed by atoms with Crippen LogP contribution in [0, 0.1) is 12.2 Å². The SMILES string of the molecule is CCCCC1=CC[C-]=C1.CCCCC1=CC[C-]=C1.[CH2]=[Ti+2].[Cl-].[Cl-]. The van der Waals surface area contributed by atoms with Crippen LogP contribution in [0.25, 0.3) is 0 Å². The minimum absolute atomic E-state index is 0. The van der Waals surface area contributed by atoms with E-state index >= 15 is 0 Å². The Morgan fingerprint density at radius 3 is 1.45 bits per heavy atom. The van der Waals surface area contributed by atoms with Crippen LogP contribution < -0.4 is 24.8 Å². The summed E-state index contributed by atoms with van der Waals surface area (Å²) in [5, 5.41) is 0. The monoisotopic (exact) mass is 374 g/mol. The number of allylic oxidation sites excluding steroid dienone is 8. The van der Waals surface area contributed by atoms with Crippen LogP contribution in [0.1, 0.15) is 65.2 Å². The summed E-state index contributed by atoms with van der Waals surface area (Å²) >= 11 is 1.75. The molecule has 0 heterocycles. The largest absolute Gasteiger partial charge is 1.00 e. The van der Waals surface area contributed by atoms with Gasteiger partial charge in [0, 0.05) is 0 Å². The van der Waals surface area contributed by atoms with E-state index in [1.807, 2.05) is 0 Å². The molecule has 0 atom stereocenters. The Bertz CT molecular complexity index is 320. The Labute approximate surface area is 162 Å². The average Bonchev–Trinajstić information content (AvgIpc) is 3.19. The Balaban J connectivity index is -0.000000273. The smallest absolute Gasteiger partial charge is 1.00 e. The minimum Gasteiger partial charge on any atom is -1.00 e. The average molecular weight is 375 g/mol. The summed E-state index contributed by atoms with van der Waals surface area (Å²) < 4.78 is 0. The fourth-order valence-corrected chi connectivity index (χ4v) is 1.99. The third kappa shape index (κ3) is 15.0. The molecule has 0 nitrogen and oxygen atoms in total. The molecule has 0 N–H and O–H groups in total. The van der Waals surface area contributed by atoms with Gasteiger partial charge in [-0.3, -0.25) is 12.2 Å². The van der Waals surface area contributed by atoms with Gasteiger partial charge >= 0.3 is 24.8 Å². The molecule has 2 aliphatic rings. The Morgan fingerprint density at radius 1 is 0.864 bits per heavy atom. The van der Waals surface area contributed by atoms with Crippen LogP contribution in [0.2, 0.25) is 0 Å². The van der Waals surface area contributed by atoms with Gasteiger partial charge in [-0.05, 0) is 0 Å². The molecule has 0 spiro atoms. The van der Waals surface area contributed by atoms with E-state index in [-0.39, 0.29) is 24.8 Å². The predicted octanol–water partition coefficient (Wildman–Crippen LogP) is -0.295. The Kier molecular flexibility index (Phi) is 25.9. The van der Waals surface area contributed by atoms with Crippen LogP contribution in [0.5, 0.6) is 0 Å². The van der Waals surface area contributed by atoms with Gasteiger partial charge in [0.15, 0.2) is 0 Å². The van der Waals surface area contributed by atoms with E-state index in [1.54, 1.807) is 20.0 Å². The van der Waals surface area contributed by atoms with Crippen molar-refractivity contribution in [2.75, 3.05) is 0 Å². The van der Waals surface area contributed by atoms with Crippen molar-refractivity contribution < 1.29 is 44.8 Å². The fraction of sp³-hybridized carbons (Fsp3) is 0.526. The summed E-state index contributed by atoms with van der Waals surface area (Å²) in [4.78, 5) is 3.25. The summed E-state index contributed by atoms with van der Waals surface area (Å²) in [5.74, 6) is 0. The summed E-state index contributed by atoms with van der Waals surface area (Å²) in [6.07, 6.45) is 24.9. The topological polar surface area (TPSA) is 0 Å². The molecule has 0 fully saturated rings. The van der Waals surface area contributed by atoms with Crippen LogP contribution in [-0.2, 0) is 20.0 Å². The zero-order valence-corrected chi connectivity index (χ0v) is 17.0. The number of hydrogen-bond acceptors (Lipinski definition) is 0. The van der Waals surface area contributed by atoms with E-state index < -0.39 is 0 Å². The van der Waals surface area contributed by atoms with Crippen LogP contribution in [0.15, 0.2) is 35.5 Å². The number of unbranched alkanes of at least 4 members (excludes halogenated alkanes) is 2. The Morgan fingerprint density at radius 2 is 1.23 bits per heavy atom. The summed E-state index contributed by atoms with van der Waals surface area (Å²) in [6, 6.07) is 0. The predicted molar refractivity (Wildman–Crippen MR) is 87.2 cm³/mol. The van der Waals surface area contributed by atoms with Gasteiger partial charge in [-0.2, -0.15) is 12.2 Å². The van der Waals surface area contributed by atoms with Crippen LogP contribution in [0.3, 0.4) is 0 Å². The molecule has 124 valence electrons. The van der Waals surface area contributed by atoms with Gasteiger partial charge in [0.25, 0.3) is 0 Å². The minimum atomic E-state index is 0. The van der Waals surface area contributed by atoms with Gasteiger partial charge in [0.1, 0.15) is 0 Å². The molecule has 0 saturated carbocycles. The summed E-state index contributed by atoms with van der Waals surface area (Å²) in [6.45, 7) is 4.45. The van der Waals surface area contributed by atoms with E-state index in [0.29, 0.717) is 0 Å². The van der Waals surface area contributed by atoms with Crippen LogP contribution >= 0.6 is 0 Å². The Hall–Kier alpha value is 0.124. The molecule has 22 heavy (non-hydrogen) atoms. The number of hydrogen-bond donors (Lipinski definition) is 0.